The van der Waals surface area contributed by atoms with Crippen LogP contribution < -0.4 is 4.74 Å². The van der Waals surface area contributed by atoms with Crippen LogP contribution in [0.2, 0.25) is 0 Å². The van der Waals surface area contributed by atoms with E-state index in [0.717, 1.165) is 22.3 Å². The summed E-state index contributed by atoms with van der Waals surface area (Å²) >= 11 is 1.39. The van der Waals surface area contributed by atoms with Gasteiger partial charge in [-0.1, -0.05) is 41.6 Å². The fourth-order valence-corrected chi connectivity index (χ4v) is 3.19. The van der Waals surface area contributed by atoms with Gasteiger partial charge in [0.15, 0.2) is 16.8 Å². The van der Waals surface area contributed by atoms with E-state index in [4.69, 9.17) is 4.74 Å². The van der Waals surface area contributed by atoms with Crippen molar-refractivity contribution in [2.24, 2.45) is 7.05 Å². The summed E-state index contributed by atoms with van der Waals surface area (Å²) in [6.45, 7) is 2.05. The number of nitrogens with zero attached hydrogens (tertiary/aromatic N) is 3. The minimum Gasteiger partial charge on any atom is -0.497 e. The van der Waals surface area contributed by atoms with Gasteiger partial charge in [0.25, 0.3) is 0 Å². The van der Waals surface area contributed by atoms with Crippen molar-refractivity contribution < 1.29 is 9.53 Å². The molecular formula is C19H19N3O2S. The molecule has 0 spiro atoms. The predicted molar refractivity (Wildman–Crippen MR) is 99.2 cm³/mol. The van der Waals surface area contributed by atoms with E-state index in [1.807, 2.05) is 42.8 Å². The number of carbonyl (C=O) groups excluding carboxylic acids is 1. The number of thioether (sulfide) groups is 1. The molecule has 0 amide bonds. The molecule has 0 saturated carbocycles. The number of aryl methyl sites for hydroxylation is 1. The van der Waals surface area contributed by atoms with E-state index in [0.29, 0.717) is 11.3 Å². The highest BCUT2D eigenvalue weighted by Gasteiger charge is 2.13. The summed E-state index contributed by atoms with van der Waals surface area (Å²) < 4.78 is 7.02. The van der Waals surface area contributed by atoms with E-state index >= 15 is 0 Å². The van der Waals surface area contributed by atoms with Crippen LogP contribution in [0.25, 0.3) is 11.4 Å². The molecule has 1 aromatic heterocycles. The van der Waals surface area contributed by atoms with Crippen molar-refractivity contribution in [2.75, 3.05) is 12.9 Å². The van der Waals surface area contributed by atoms with Gasteiger partial charge in [-0.25, -0.2) is 0 Å². The lowest BCUT2D eigenvalue weighted by molar-refractivity contribution is 0.102. The molecule has 3 rings (SSSR count). The number of ether oxygens (including phenoxy) is 1. The fraction of sp³-hybridized carbons (Fsp3) is 0.211. The lowest BCUT2D eigenvalue weighted by Gasteiger charge is -2.05. The van der Waals surface area contributed by atoms with Crippen LogP contribution in [0.1, 0.15) is 15.9 Å². The van der Waals surface area contributed by atoms with Gasteiger partial charge in [0.2, 0.25) is 0 Å². The van der Waals surface area contributed by atoms with Crippen LogP contribution in [0.3, 0.4) is 0 Å². The van der Waals surface area contributed by atoms with Crippen LogP contribution in [-0.4, -0.2) is 33.4 Å². The number of Topliss-reactive ketones (excluding diaryl/α,β-unsaturated/α-hetero) is 1. The molecule has 0 unspecified atom stereocenters. The first kappa shape index (κ1) is 17.2. The third kappa shape index (κ3) is 3.91. The van der Waals surface area contributed by atoms with Gasteiger partial charge in [-0.05, 0) is 31.2 Å². The molecule has 0 radical (unpaired) electrons. The Bertz CT molecular complexity index is 871. The molecule has 6 heteroatoms. The molecule has 0 atom stereocenters. The number of hydrogen-bond acceptors (Lipinski definition) is 5. The predicted octanol–water partition coefficient (Wildman–Crippen LogP) is 3.77. The van der Waals surface area contributed by atoms with E-state index in [-0.39, 0.29) is 5.78 Å². The summed E-state index contributed by atoms with van der Waals surface area (Å²) in [6.07, 6.45) is 0. The Morgan fingerprint density at radius 2 is 1.76 bits per heavy atom. The zero-order valence-corrected chi connectivity index (χ0v) is 15.2. The molecule has 0 fully saturated rings. The number of hydrogen-bond donors (Lipinski definition) is 0. The summed E-state index contributed by atoms with van der Waals surface area (Å²) in [4.78, 5) is 12.3. The third-order valence-electron chi connectivity index (χ3n) is 3.89. The minimum atomic E-state index is 0.0486. The second kappa shape index (κ2) is 7.53. The van der Waals surface area contributed by atoms with Gasteiger partial charge in [0.1, 0.15) is 5.75 Å². The second-order valence-corrected chi connectivity index (χ2v) is 6.61. The number of benzene rings is 2. The van der Waals surface area contributed by atoms with Gasteiger partial charge in [-0.3, -0.25) is 4.79 Å². The second-order valence-electron chi connectivity index (χ2n) is 5.67. The number of aromatic nitrogens is 3. The largest absolute Gasteiger partial charge is 0.497 e. The van der Waals surface area contributed by atoms with Crippen LogP contribution in [0.4, 0.5) is 0 Å². The Morgan fingerprint density at radius 3 is 2.40 bits per heavy atom. The molecule has 0 aliphatic carbocycles. The molecule has 0 bridgehead atoms. The summed E-state index contributed by atoms with van der Waals surface area (Å²) in [7, 11) is 3.52. The van der Waals surface area contributed by atoms with Crippen LogP contribution in [-0.2, 0) is 7.05 Å². The third-order valence-corrected chi connectivity index (χ3v) is 4.91. The van der Waals surface area contributed by atoms with Gasteiger partial charge >= 0.3 is 0 Å². The quantitative estimate of drug-likeness (QED) is 0.499. The summed E-state index contributed by atoms with van der Waals surface area (Å²) in [5, 5.41) is 9.18. The molecule has 1 heterocycles. The standard InChI is InChI=1S/C19H19N3O2S/c1-13-4-6-15(7-5-13)18-20-21-19(22(18)2)25-12-17(23)14-8-10-16(24-3)11-9-14/h4-11H,12H2,1-3H3. The Labute approximate surface area is 151 Å². The zero-order valence-electron chi connectivity index (χ0n) is 14.4. The molecule has 128 valence electrons. The van der Waals surface area contributed by atoms with Crippen LogP contribution >= 0.6 is 11.8 Å². The lowest BCUT2D eigenvalue weighted by atomic mass is 10.1. The van der Waals surface area contributed by atoms with Gasteiger partial charge < -0.3 is 9.30 Å². The average molecular weight is 353 g/mol. The highest BCUT2D eigenvalue weighted by Crippen LogP contribution is 2.23. The fourth-order valence-electron chi connectivity index (χ4n) is 2.38. The first-order valence-electron chi connectivity index (χ1n) is 7.85. The van der Waals surface area contributed by atoms with Crippen molar-refractivity contribution in [1.29, 1.82) is 0 Å². The van der Waals surface area contributed by atoms with Crippen molar-refractivity contribution in [3.63, 3.8) is 0 Å². The Hall–Kier alpha value is -2.60. The maximum Gasteiger partial charge on any atom is 0.191 e. The lowest BCUT2D eigenvalue weighted by Crippen LogP contribution is -2.04. The van der Waals surface area contributed by atoms with Gasteiger partial charge in [-0.15, -0.1) is 10.2 Å². The van der Waals surface area contributed by atoms with E-state index in [9.17, 15) is 4.79 Å². The van der Waals surface area contributed by atoms with Gasteiger partial charge in [0, 0.05) is 18.2 Å². The zero-order chi connectivity index (χ0) is 17.8. The topological polar surface area (TPSA) is 57.0 Å². The average Bonchev–Trinajstić information content (AvgIpc) is 3.01. The highest BCUT2D eigenvalue weighted by molar-refractivity contribution is 7.99. The normalized spacial score (nSPS) is 10.7. The molecular weight excluding hydrogens is 334 g/mol. The first-order valence-corrected chi connectivity index (χ1v) is 8.83. The van der Waals surface area contributed by atoms with Crippen molar-refractivity contribution in [3.05, 3.63) is 59.7 Å². The highest BCUT2D eigenvalue weighted by atomic mass is 32.2. The van der Waals surface area contributed by atoms with E-state index in [2.05, 4.69) is 10.2 Å². The van der Waals surface area contributed by atoms with Gasteiger partial charge in [0.05, 0.1) is 12.9 Å². The molecule has 25 heavy (non-hydrogen) atoms. The first-order chi connectivity index (χ1) is 12.1. The van der Waals surface area contributed by atoms with Crippen molar-refractivity contribution in [3.8, 4) is 17.1 Å². The molecule has 0 aliphatic heterocycles. The Kier molecular flexibility index (Phi) is 5.19. The molecule has 5 nitrogen and oxygen atoms in total. The van der Waals surface area contributed by atoms with Gasteiger partial charge in [-0.2, -0.15) is 0 Å². The number of ketones is 1. The maximum atomic E-state index is 12.3. The Morgan fingerprint density at radius 1 is 1.08 bits per heavy atom. The maximum absolute atomic E-state index is 12.3. The molecule has 2 aromatic carbocycles. The number of methoxy groups -OCH3 is 1. The van der Waals surface area contributed by atoms with Crippen molar-refractivity contribution in [1.82, 2.24) is 14.8 Å². The van der Waals surface area contributed by atoms with E-state index in [1.54, 1.807) is 31.4 Å². The van der Waals surface area contributed by atoms with E-state index < -0.39 is 0 Å². The summed E-state index contributed by atoms with van der Waals surface area (Å²) in [5.74, 6) is 1.89. The Balaban J connectivity index is 1.69. The molecule has 0 aliphatic rings. The SMILES string of the molecule is COc1ccc(C(=O)CSc2nnc(-c3ccc(C)cc3)n2C)cc1. The van der Waals surface area contributed by atoms with Crippen LogP contribution in [0, 0.1) is 6.92 Å². The monoisotopic (exact) mass is 353 g/mol. The summed E-state index contributed by atoms with van der Waals surface area (Å²) in [5.41, 5.74) is 2.87. The smallest absolute Gasteiger partial charge is 0.191 e. The molecule has 0 N–H and O–H groups in total. The van der Waals surface area contributed by atoms with E-state index in [1.165, 1.54) is 17.3 Å². The molecule has 0 saturated heterocycles. The molecule has 3 aromatic rings. The summed E-state index contributed by atoms with van der Waals surface area (Å²) in [6, 6.07) is 15.3. The number of rotatable bonds is 6. The van der Waals surface area contributed by atoms with Crippen LogP contribution in [0.5, 0.6) is 5.75 Å². The van der Waals surface area contributed by atoms with Crippen molar-refractivity contribution in [2.45, 2.75) is 12.1 Å². The minimum absolute atomic E-state index is 0.0486. The van der Waals surface area contributed by atoms with Crippen LogP contribution in [0.15, 0.2) is 53.7 Å². The number of carbonyl (C=O) groups is 1. The van der Waals surface area contributed by atoms with Crippen molar-refractivity contribution >= 4 is 17.5 Å².